The molecule has 0 aliphatic rings. The van der Waals surface area contributed by atoms with Gasteiger partial charge in [0.15, 0.2) is 5.65 Å². The highest BCUT2D eigenvalue weighted by Gasteiger charge is 2.01. The van der Waals surface area contributed by atoms with Gasteiger partial charge < -0.3 is 15.3 Å². The van der Waals surface area contributed by atoms with Gasteiger partial charge in [-0.25, -0.2) is 15.0 Å². The summed E-state index contributed by atoms with van der Waals surface area (Å²) in [6.45, 7) is 0.558. The number of aromatic amines is 2. The Hall–Kier alpha value is -2.44. The van der Waals surface area contributed by atoms with Crippen LogP contribution in [0.1, 0.15) is 5.82 Å². The fraction of sp³-hybridized carbons (Fsp3) is 0.111. The SMILES string of the molecule is c1c[nH]c(CNc2ncc3[nH]cnc3n2)n1. The highest BCUT2D eigenvalue weighted by atomic mass is 15.1. The van der Waals surface area contributed by atoms with Crippen LogP contribution in [0.15, 0.2) is 24.9 Å². The molecule has 0 amide bonds. The van der Waals surface area contributed by atoms with Gasteiger partial charge >= 0.3 is 0 Å². The normalized spacial score (nSPS) is 10.8. The number of nitrogens with zero attached hydrogens (tertiary/aromatic N) is 4. The molecule has 7 heteroatoms. The molecule has 7 nitrogen and oxygen atoms in total. The van der Waals surface area contributed by atoms with E-state index in [9.17, 15) is 0 Å². The van der Waals surface area contributed by atoms with E-state index < -0.39 is 0 Å². The molecule has 3 aromatic heterocycles. The van der Waals surface area contributed by atoms with Crippen molar-refractivity contribution in [1.29, 1.82) is 0 Å². The number of nitrogens with one attached hydrogen (secondary N) is 3. The standard InChI is InChI=1S/C9H9N7/c1-2-11-7(10-1)4-13-9-12-3-6-8(16-9)15-5-14-6/h1-3,5H,4H2,(H,10,11)(H2,12,13,14,15,16). The van der Waals surface area contributed by atoms with Crippen LogP contribution in [0, 0.1) is 0 Å². The number of H-pyrrole nitrogens is 2. The fourth-order valence-electron chi connectivity index (χ4n) is 1.38. The molecule has 0 aliphatic carbocycles. The van der Waals surface area contributed by atoms with Crippen molar-refractivity contribution < 1.29 is 0 Å². The van der Waals surface area contributed by atoms with Crippen molar-refractivity contribution >= 4 is 17.1 Å². The Bertz CT molecular complexity index is 583. The van der Waals surface area contributed by atoms with Gasteiger partial charge in [0.1, 0.15) is 11.3 Å². The molecule has 0 fully saturated rings. The van der Waals surface area contributed by atoms with Gasteiger partial charge in [-0.3, -0.25) is 0 Å². The van der Waals surface area contributed by atoms with Gasteiger partial charge in [-0.2, -0.15) is 4.98 Å². The third-order valence-corrected chi connectivity index (χ3v) is 2.14. The van der Waals surface area contributed by atoms with Crippen molar-refractivity contribution in [2.75, 3.05) is 5.32 Å². The maximum atomic E-state index is 4.23. The van der Waals surface area contributed by atoms with Crippen LogP contribution in [0.2, 0.25) is 0 Å². The predicted molar refractivity (Wildman–Crippen MR) is 57.6 cm³/mol. The van der Waals surface area contributed by atoms with Crippen LogP contribution in [-0.4, -0.2) is 29.9 Å². The Balaban J connectivity index is 1.78. The van der Waals surface area contributed by atoms with Crippen LogP contribution < -0.4 is 5.32 Å². The van der Waals surface area contributed by atoms with Gasteiger partial charge in [0.2, 0.25) is 5.95 Å². The van der Waals surface area contributed by atoms with E-state index in [2.05, 4.69) is 35.2 Å². The number of anilines is 1. The minimum Gasteiger partial charge on any atom is -0.347 e. The summed E-state index contributed by atoms with van der Waals surface area (Å²) in [4.78, 5) is 22.4. The molecule has 0 radical (unpaired) electrons. The van der Waals surface area contributed by atoms with Crippen molar-refractivity contribution in [2.24, 2.45) is 0 Å². The zero-order chi connectivity index (χ0) is 10.8. The van der Waals surface area contributed by atoms with E-state index in [0.717, 1.165) is 11.3 Å². The molecule has 0 saturated carbocycles. The molecular weight excluding hydrogens is 206 g/mol. The highest BCUT2D eigenvalue weighted by Crippen LogP contribution is 2.07. The molecule has 0 spiro atoms. The van der Waals surface area contributed by atoms with Crippen molar-refractivity contribution in [1.82, 2.24) is 29.9 Å². The lowest BCUT2D eigenvalue weighted by Crippen LogP contribution is -2.04. The Labute approximate surface area is 90.4 Å². The number of imidazole rings is 2. The summed E-state index contributed by atoms with van der Waals surface area (Å²) in [6.07, 6.45) is 6.76. The van der Waals surface area contributed by atoms with Crippen molar-refractivity contribution in [3.05, 3.63) is 30.7 Å². The average Bonchev–Trinajstić information content (AvgIpc) is 2.97. The number of fused-ring (bicyclic) bond motifs is 1. The lowest BCUT2D eigenvalue weighted by molar-refractivity contribution is 0.972. The van der Waals surface area contributed by atoms with Gasteiger partial charge in [0, 0.05) is 12.4 Å². The first-order valence-corrected chi connectivity index (χ1v) is 4.80. The van der Waals surface area contributed by atoms with E-state index in [0.29, 0.717) is 18.1 Å². The lowest BCUT2D eigenvalue weighted by Gasteiger charge is -2.01. The summed E-state index contributed by atoms with van der Waals surface area (Å²) in [5.74, 6) is 1.38. The number of aromatic nitrogens is 6. The summed E-state index contributed by atoms with van der Waals surface area (Å²) in [7, 11) is 0. The molecule has 0 unspecified atom stereocenters. The van der Waals surface area contributed by atoms with Crippen molar-refractivity contribution in [3.8, 4) is 0 Å². The van der Waals surface area contributed by atoms with E-state index in [-0.39, 0.29) is 0 Å². The monoisotopic (exact) mass is 215 g/mol. The van der Waals surface area contributed by atoms with Crippen molar-refractivity contribution in [3.63, 3.8) is 0 Å². The zero-order valence-corrected chi connectivity index (χ0v) is 8.31. The fourth-order valence-corrected chi connectivity index (χ4v) is 1.38. The first-order valence-electron chi connectivity index (χ1n) is 4.80. The third-order valence-electron chi connectivity index (χ3n) is 2.14. The Morgan fingerprint density at radius 3 is 3.06 bits per heavy atom. The first kappa shape index (κ1) is 8.84. The van der Waals surface area contributed by atoms with Gasteiger partial charge in [-0.15, -0.1) is 0 Å². The summed E-state index contributed by atoms with van der Waals surface area (Å²) in [5.41, 5.74) is 1.47. The molecule has 0 bridgehead atoms. The first-order chi connectivity index (χ1) is 7.92. The molecule has 3 N–H and O–H groups in total. The molecule has 0 saturated heterocycles. The Kier molecular flexibility index (Phi) is 1.99. The maximum absolute atomic E-state index is 4.23. The van der Waals surface area contributed by atoms with Gasteiger partial charge in [0.25, 0.3) is 0 Å². The minimum atomic E-state index is 0.538. The second kappa shape index (κ2) is 3.61. The van der Waals surface area contributed by atoms with E-state index in [1.165, 1.54) is 0 Å². The summed E-state index contributed by atoms with van der Waals surface area (Å²) >= 11 is 0. The molecule has 16 heavy (non-hydrogen) atoms. The summed E-state index contributed by atoms with van der Waals surface area (Å²) in [5, 5.41) is 3.06. The summed E-state index contributed by atoms with van der Waals surface area (Å²) in [6, 6.07) is 0. The third kappa shape index (κ3) is 1.58. The second-order valence-electron chi connectivity index (χ2n) is 3.22. The largest absolute Gasteiger partial charge is 0.347 e. The minimum absolute atomic E-state index is 0.538. The second-order valence-corrected chi connectivity index (χ2v) is 3.22. The van der Waals surface area contributed by atoms with Crippen LogP contribution in [0.25, 0.3) is 11.2 Å². The van der Waals surface area contributed by atoms with Crippen molar-refractivity contribution in [2.45, 2.75) is 6.54 Å². The molecule has 3 heterocycles. The predicted octanol–water partition coefficient (Wildman–Crippen LogP) is 0.688. The molecule has 0 aliphatic heterocycles. The van der Waals surface area contributed by atoms with Crippen LogP contribution in [0.3, 0.4) is 0 Å². The van der Waals surface area contributed by atoms with Crippen LogP contribution >= 0.6 is 0 Å². The quantitative estimate of drug-likeness (QED) is 0.597. The zero-order valence-electron chi connectivity index (χ0n) is 8.31. The number of hydrogen-bond acceptors (Lipinski definition) is 5. The molecule has 3 aromatic rings. The van der Waals surface area contributed by atoms with E-state index in [4.69, 9.17) is 0 Å². The molecule has 0 aromatic carbocycles. The number of hydrogen-bond donors (Lipinski definition) is 3. The molecule has 0 atom stereocenters. The topological polar surface area (TPSA) is 95.2 Å². The Morgan fingerprint density at radius 1 is 1.19 bits per heavy atom. The molecular formula is C9H9N7. The molecule has 80 valence electrons. The molecule has 3 rings (SSSR count). The average molecular weight is 215 g/mol. The smallest absolute Gasteiger partial charge is 0.225 e. The van der Waals surface area contributed by atoms with Gasteiger partial charge in [-0.1, -0.05) is 0 Å². The summed E-state index contributed by atoms with van der Waals surface area (Å²) < 4.78 is 0. The van der Waals surface area contributed by atoms with E-state index >= 15 is 0 Å². The van der Waals surface area contributed by atoms with E-state index in [1.807, 2.05) is 0 Å². The highest BCUT2D eigenvalue weighted by molar-refractivity contribution is 5.69. The Morgan fingerprint density at radius 2 is 2.19 bits per heavy atom. The maximum Gasteiger partial charge on any atom is 0.225 e. The lowest BCUT2D eigenvalue weighted by atomic mass is 10.5. The van der Waals surface area contributed by atoms with Crippen LogP contribution in [-0.2, 0) is 6.54 Å². The van der Waals surface area contributed by atoms with E-state index in [1.54, 1.807) is 24.9 Å². The van der Waals surface area contributed by atoms with Crippen LogP contribution in [0.5, 0.6) is 0 Å². The van der Waals surface area contributed by atoms with Crippen LogP contribution in [0.4, 0.5) is 5.95 Å². The number of rotatable bonds is 3. The van der Waals surface area contributed by atoms with Gasteiger partial charge in [-0.05, 0) is 0 Å². The van der Waals surface area contributed by atoms with Gasteiger partial charge in [0.05, 0.1) is 19.1 Å².